The van der Waals surface area contributed by atoms with Crippen LogP contribution >= 0.6 is 0 Å². The molecule has 1 aromatic carbocycles. The molecule has 1 saturated heterocycles. The van der Waals surface area contributed by atoms with Gasteiger partial charge in [-0.25, -0.2) is 4.79 Å². The molecule has 3 rings (SSSR count). The van der Waals surface area contributed by atoms with Crippen molar-refractivity contribution in [2.45, 2.75) is 45.3 Å². The van der Waals surface area contributed by atoms with E-state index in [2.05, 4.69) is 36.1 Å². The third kappa shape index (κ3) is 4.66. The maximum atomic E-state index is 12.1. The predicted octanol–water partition coefficient (Wildman–Crippen LogP) is 3.54. The first-order valence-corrected chi connectivity index (χ1v) is 9.57. The van der Waals surface area contributed by atoms with E-state index < -0.39 is 0 Å². The van der Waals surface area contributed by atoms with Gasteiger partial charge in [-0.1, -0.05) is 18.2 Å². The van der Waals surface area contributed by atoms with Gasteiger partial charge in [0.15, 0.2) is 0 Å². The van der Waals surface area contributed by atoms with Crippen molar-refractivity contribution in [2.24, 2.45) is 5.92 Å². The Bertz CT molecular complexity index is 547. The summed E-state index contributed by atoms with van der Waals surface area (Å²) in [7, 11) is 0. The molecule has 1 aliphatic heterocycles. The molecule has 1 aliphatic carbocycles. The summed E-state index contributed by atoms with van der Waals surface area (Å²) in [6.07, 6.45) is 3.25. The monoisotopic (exact) mass is 346 g/mol. The van der Waals surface area contributed by atoms with Gasteiger partial charge in [0, 0.05) is 25.4 Å². The van der Waals surface area contributed by atoms with Crippen LogP contribution in [0.25, 0.3) is 0 Å². The number of nitrogens with zero attached hydrogens (tertiary/aromatic N) is 2. The van der Waals surface area contributed by atoms with Crippen LogP contribution in [0, 0.1) is 5.92 Å². The van der Waals surface area contributed by atoms with Gasteiger partial charge in [0.05, 0.1) is 25.3 Å². The molecule has 1 saturated carbocycles. The number of carbonyl (C=O) groups is 1. The van der Waals surface area contributed by atoms with Crippen molar-refractivity contribution >= 4 is 11.8 Å². The van der Waals surface area contributed by atoms with Gasteiger partial charge in [0.2, 0.25) is 0 Å². The summed E-state index contributed by atoms with van der Waals surface area (Å²) in [5.74, 6) is 0.713. The molecule has 2 fully saturated rings. The van der Waals surface area contributed by atoms with Gasteiger partial charge in [-0.05, 0) is 51.2 Å². The second-order valence-corrected chi connectivity index (χ2v) is 6.94. The summed E-state index contributed by atoms with van der Waals surface area (Å²) in [6, 6.07) is 10.8. The van der Waals surface area contributed by atoms with Gasteiger partial charge in [-0.2, -0.15) is 0 Å². The van der Waals surface area contributed by atoms with E-state index in [9.17, 15) is 4.79 Å². The summed E-state index contributed by atoms with van der Waals surface area (Å²) in [5, 5.41) is 0. The van der Waals surface area contributed by atoms with Gasteiger partial charge in [-0.3, -0.25) is 0 Å². The molecular formula is C20H30N2O3. The summed E-state index contributed by atoms with van der Waals surface area (Å²) in [6.45, 7) is 7.51. The van der Waals surface area contributed by atoms with Crippen LogP contribution in [0.4, 0.5) is 10.5 Å². The van der Waals surface area contributed by atoms with E-state index in [4.69, 9.17) is 9.47 Å². The average molecular weight is 346 g/mol. The fourth-order valence-corrected chi connectivity index (χ4v) is 3.58. The summed E-state index contributed by atoms with van der Waals surface area (Å²) < 4.78 is 11.5. The summed E-state index contributed by atoms with van der Waals surface area (Å²) in [4.78, 5) is 16.4. The second-order valence-electron chi connectivity index (χ2n) is 6.94. The standard InChI is InChI=1S/C20H30N2O3/c1-3-22(17-8-6-5-7-9-17)18-12-13-21(20(23)24-4-2)14-19(18)25-15-16-10-11-16/h5-9,16,18-19H,3-4,10-15H2,1-2H3. The Morgan fingerprint density at radius 1 is 1.20 bits per heavy atom. The third-order valence-corrected chi connectivity index (χ3v) is 5.12. The van der Waals surface area contributed by atoms with Crippen molar-refractivity contribution < 1.29 is 14.3 Å². The minimum absolute atomic E-state index is 0.0268. The maximum Gasteiger partial charge on any atom is 0.409 e. The van der Waals surface area contributed by atoms with E-state index in [1.165, 1.54) is 18.5 Å². The third-order valence-electron chi connectivity index (χ3n) is 5.12. The van der Waals surface area contributed by atoms with Gasteiger partial charge < -0.3 is 19.3 Å². The lowest BCUT2D eigenvalue weighted by molar-refractivity contribution is -0.0186. The number of rotatable bonds is 7. The van der Waals surface area contributed by atoms with Crippen molar-refractivity contribution in [1.29, 1.82) is 0 Å². The number of likely N-dealkylation sites (N-methyl/N-ethyl adjacent to an activating group) is 1. The zero-order valence-corrected chi connectivity index (χ0v) is 15.4. The Labute approximate surface area is 150 Å². The average Bonchev–Trinajstić information content (AvgIpc) is 3.47. The van der Waals surface area contributed by atoms with Gasteiger partial charge in [-0.15, -0.1) is 0 Å². The SMILES string of the molecule is CCOC(=O)N1CCC(N(CC)c2ccccc2)C(OCC2CC2)C1. The highest BCUT2D eigenvalue weighted by atomic mass is 16.6. The molecule has 5 heteroatoms. The lowest BCUT2D eigenvalue weighted by Crippen LogP contribution is -2.56. The quantitative estimate of drug-likeness (QED) is 0.757. The highest BCUT2D eigenvalue weighted by molar-refractivity contribution is 5.67. The molecule has 1 aromatic rings. The van der Waals surface area contributed by atoms with Crippen LogP contribution in [0.5, 0.6) is 0 Å². The van der Waals surface area contributed by atoms with Crippen LogP contribution in [-0.4, -0.2) is 56.0 Å². The predicted molar refractivity (Wildman–Crippen MR) is 98.9 cm³/mol. The Morgan fingerprint density at radius 2 is 1.96 bits per heavy atom. The molecule has 0 spiro atoms. The van der Waals surface area contributed by atoms with Crippen molar-refractivity contribution in [3.63, 3.8) is 0 Å². The maximum absolute atomic E-state index is 12.1. The van der Waals surface area contributed by atoms with E-state index in [-0.39, 0.29) is 18.2 Å². The minimum atomic E-state index is -0.219. The zero-order valence-electron chi connectivity index (χ0n) is 15.4. The van der Waals surface area contributed by atoms with Crippen LogP contribution < -0.4 is 4.90 Å². The Morgan fingerprint density at radius 3 is 2.60 bits per heavy atom. The topological polar surface area (TPSA) is 42.0 Å². The highest BCUT2D eigenvalue weighted by Gasteiger charge is 2.37. The number of amides is 1. The molecule has 0 aromatic heterocycles. The number of ether oxygens (including phenoxy) is 2. The smallest absolute Gasteiger partial charge is 0.409 e. The number of benzene rings is 1. The molecule has 5 nitrogen and oxygen atoms in total. The van der Waals surface area contributed by atoms with E-state index >= 15 is 0 Å². The molecule has 0 bridgehead atoms. The molecule has 2 unspecified atom stereocenters. The molecule has 1 amide bonds. The second kappa shape index (κ2) is 8.56. The van der Waals surface area contributed by atoms with Crippen LogP contribution in [0.1, 0.15) is 33.1 Å². The number of likely N-dealkylation sites (tertiary alicyclic amines) is 1. The van der Waals surface area contributed by atoms with E-state index in [0.29, 0.717) is 19.1 Å². The summed E-state index contributed by atoms with van der Waals surface area (Å²) >= 11 is 0. The number of piperidine rings is 1. The fourth-order valence-electron chi connectivity index (χ4n) is 3.58. The number of hydrogen-bond donors (Lipinski definition) is 0. The van der Waals surface area contributed by atoms with Crippen molar-refractivity contribution in [1.82, 2.24) is 4.90 Å². The fraction of sp³-hybridized carbons (Fsp3) is 0.650. The minimum Gasteiger partial charge on any atom is -0.450 e. The van der Waals surface area contributed by atoms with E-state index in [0.717, 1.165) is 26.1 Å². The lowest BCUT2D eigenvalue weighted by Gasteiger charge is -2.44. The number of hydrogen-bond acceptors (Lipinski definition) is 4. The normalized spacial score (nSPS) is 23.4. The molecule has 2 atom stereocenters. The Balaban J connectivity index is 1.72. The van der Waals surface area contributed by atoms with Crippen LogP contribution in [-0.2, 0) is 9.47 Å². The molecule has 1 heterocycles. The first kappa shape index (κ1) is 18.1. The largest absolute Gasteiger partial charge is 0.450 e. The van der Waals surface area contributed by atoms with Crippen molar-refractivity contribution in [2.75, 3.05) is 37.7 Å². The van der Waals surface area contributed by atoms with Gasteiger partial charge in [0.1, 0.15) is 0 Å². The van der Waals surface area contributed by atoms with Crippen molar-refractivity contribution in [3.05, 3.63) is 30.3 Å². The molecule has 138 valence electrons. The molecule has 2 aliphatic rings. The van der Waals surface area contributed by atoms with Crippen LogP contribution in [0.2, 0.25) is 0 Å². The lowest BCUT2D eigenvalue weighted by atomic mass is 9.99. The van der Waals surface area contributed by atoms with Gasteiger partial charge >= 0.3 is 6.09 Å². The Kier molecular flexibility index (Phi) is 6.19. The number of anilines is 1. The van der Waals surface area contributed by atoms with Crippen LogP contribution in [0.15, 0.2) is 30.3 Å². The van der Waals surface area contributed by atoms with E-state index in [1.807, 2.05) is 13.0 Å². The number of carbonyl (C=O) groups excluding carboxylic acids is 1. The number of para-hydroxylation sites is 1. The Hall–Kier alpha value is -1.75. The summed E-state index contributed by atoms with van der Waals surface area (Å²) in [5.41, 5.74) is 1.22. The zero-order chi connectivity index (χ0) is 17.6. The molecule has 0 radical (unpaired) electrons. The highest BCUT2D eigenvalue weighted by Crippen LogP contribution is 2.31. The van der Waals surface area contributed by atoms with Crippen molar-refractivity contribution in [3.8, 4) is 0 Å². The molecular weight excluding hydrogens is 316 g/mol. The molecule has 25 heavy (non-hydrogen) atoms. The van der Waals surface area contributed by atoms with Crippen LogP contribution in [0.3, 0.4) is 0 Å². The molecule has 0 N–H and O–H groups in total. The van der Waals surface area contributed by atoms with E-state index in [1.54, 1.807) is 4.90 Å². The first-order valence-electron chi connectivity index (χ1n) is 9.57. The first-order chi connectivity index (χ1) is 12.2. The van der Waals surface area contributed by atoms with Gasteiger partial charge in [0.25, 0.3) is 0 Å².